The lowest BCUT2D eigenvalue weighted by Crippen LogP contribution is -3.24. The number of carbonyl (C=O) groups is 2. The van der Waals surface area contributed by atoms with Gasteiger partial charge < -0.3 is 9.80 Å². The molecule has 0 aromatic carbocycles. The largest absolute Gasteiger partial charge is 0.319 e. The molecule has 1 unspecified atom stereocenters. The Balaban J connectivity index is 2.18. The first-order valence-electron chi connectivity index (χ1n) is 7.28. The van der Waals surface area contributed by atoms with Gasteiger partial charge in [0.2, 0.25) is 5.91 Å². The first-order chi connectivity index (χ1) is 9.52. The Morgan fingerprint density at radius 3 is 3.05 bits per heavy atom. The van der Waals surface area contributed by atoms with Gasteiger partial charge in [0.1, 0.15) is 10.9 Å². The number of piperazine rings is 1. The summed E-state index contributed by atoms with van der Waals surface area (Å²) in [5.41, 5.74) is 2.16. The molecule has 4 N–H and O–H groups in total. The minimum atomic E-state index is -0.134. The number of fused-ring (bicyclic) bond motifs is 1. The lowest BCUT2D eigenvalue weighted by atomic mass is 9.89. The minimum absolute atomic E-state index is 0.0718. The predicted molar refractivity (Wildman–Crippen MR) is 78.9 cm³/mol. The van der Waals surface area contributed by atoms with E-state index in [9.17, 15) is 9.59 Å². The second-order valence-corrected chi connectivity index (χ2v) is 6.94. The number of hydrazine groups is 1. The molecule has 114 valence electrons. The van der Waals surface area contributed by atoms with Crippen LogP contribution in [-0.2, 0) is 9.59 Å². The molecule has 2 fully saturated rings. The molecule has 20 heavy (non-hydrogen) atoms. The molecule has 0 bridgehead atoms. The van der Waals surface area contributed by atoms with Crippen LogP contribution in [-0.4, -0.2) is 53.0 Å². The molecule has 0 spiro atoms. The second kappa shape index (κ2) is 6.32. The maximum atomic E-state index is 12.0. The van der Waals surface area contributed by atoms with Gasteiger partial charge in [0.25, 0.3) is 5.91 Å². The molecule has 2 aliphatic rings. The summed E-state index contributed by atoms with van der Waals surface area (Å²) >= 11 is 1.72. The summed E-state index contributed by atoms with van der Waals surface area (Å²) in [7, 11) is 0. The molecule has 2 heterocycles. The lowest BCUT2D eigenvalue weighted by molar-refractivity contribution is -0.950. The number of nitrogens with two attached hydrogens (primary N) is 1. The fraction of sp³-hybridized carbons (Fsp3) is 0.846. The van der Waals surface area contributed by atoms with Gasteiger partial charge in [-0.05, 0) is 13.3 Å². The van der Waals surface area contributed by atoms with Crippen molar-refractivity contribution in [1.29, 1.82) is 0 Å². The number of nitrogens with one attached hydrogen (secondary N) is 2. The summed E-state index contributed by atoms with van der Waals surface area (Å²) in [5, 5.41) is 0.191. The molecule has 2 amide bonds. The molecule has 6 nitrogen and oxygen atoms in total. The highest BCUT2D eigenvalue weighted by Gasteiger charge is 2.54. The lowest BCUT2D eigenvalue weighted by Gasteiger charge is -2.48. The van der Waals surface area contributed by atoms with Crippen LogP contribution in [0.2, 0.25) is 0 Å². The zero-order chi connectivity index (χ0) is 14.8. The minimum Gasteiger partial charge on any atom is -0.319 e. The molecule has 2 aliphatic heterocycles. The van der Waals surface area contributed by atoms with Gasteiger partial charge >= 0.3 is 0 Å². The standard InChI is InChI=1S/C13H24N4O2S/c1-3-4-5-13(2)12-17(11(19)9-20-12)7-6-16(13)8-10(18)15-14/h12H,3-9,14H2,1-2H3,(H,15,18)/p+1/t12-,13-/m1/s1. The van der Waals surface area contributed by atoms with Crippen molar-refractivity contribution in [2.75, 3.05) is 25.4 Å². The van der Waals surface area contributed by atoms with E-state index >= 15 is 0 Å². The van der Waals surface area contributed by atoms with Gasteiger partial charge in [0.15, 0.2) is 6.54 Å². The van der Waals surface area contributed by atoms with Crippen LogP contribution in [0.15, 0.2) is 0 Å². The van der Waals surface area contributed by atoms with E-state index in [0.29, 0.717) is 12.3 Å². The van der Waals surface area contributed by atoms with Gasteiger partial charge in [-0.1, -0.05) is 13.3 Å². The van der Waals surface area contributed by atoms with Gasteiger partial charge in [0, 0.05) is 6.42 Å². The Kier molecular flexibility index (Phi) is 4.93. The van der Waals surface area contributed by atoms with Crippen molar-refractivity contribution in [3.05, 3.63) is 0 Å². The number of hydrogen-bond acceptors (Lipinski definition) is 4. The van der Waals surface area contributed by atoms with E-state index in [0.717, 1.165) is 32.4 Å². The molecule has 2 saturated heterocycles. The maximum absolute atomic E-state index is 12.0. The normalized spacial score (nSPS) is 33.1. The Morgan fingerprint density at radius 1 is 1.65 bits per heavy atom. The molecule has 2 rings (SSSR count). The molecular formula is C13H25N4O2S+. The van der Waals surface area contributed by atoms with Crippen LogP contribution < -0.4 is 16.2 Å². The van der Waals surface area contributed by atoms with E-state index in [1.54, 1.807) is 11.8 Å². The third-order valence-corrected chi connectivity index (χ3v) is 6.06. The number of thioether (sulfide) groups is 1. The number of carbonyl (C=O) groups excluding carboxylic acids is 2. The highest BCUT2D eigenvalue weighted by molar-refractivity contribution is 8.01. The highest BCUT2D eigenvalue weighted by atomic mass is 32.2. The fourth-order valence-corrected chi connectivity index (χ4v) is 4.84. The molecule has 0 aliphatic carbocycles. The number of nitrogens with zero attached hydrogens (tertiary/aromatic N) is 1. The van der Waals surface area contributed by atoms with Crippen LogP contribution in [0.5, 0.6) is 0 Å². The summed E-state index contributed by atoms with van der Waals surface area (Å²) in [6.07, 6.45) is 3.26. The van der Waals surface area contributed by atoms with Crippen LogP contribution in [0.3, 0.4) is 0 Å². The van der Waals surface area contributed by atoms with Gasteiger partial charge in [-0.25, -0.2) is 5.84 Å². The molecule has 0 aromatic rings. The van der Waals surface area contributed by atoms with E-state index in [1.165, 1.54) is 4.90 Å². The van der Waals surface area contributed by atoms with Crippen molar-refractivity contribution in [3.8, 4) is 0 Å². The summed E-state index contributed by atoms with van der Waals surface area (Å²) < 4.78 is 0. The molecule has 0 saturated carbocycles. The summed E-state index contributed by atoms with van der Waals surface area (Å²) in [4.78, 5) is 26.9. The Morgan fingerprint density at radius 2 is 2.40 bits per heavy atom. The van der Waals surface area contributed by atoms with Crippen LogP contribution >= 0.6 is 11.8 Å². The van der Waals surface area contributed by atoms with Crippen LogP contribution in [0.25, 0.3) is 0 Å². The van der Waals surface area contributed by atoms with Crippen LogP contribution in [0, 0.1) is 0 Å². The van der Waals surface area contributed by atoms with E-state index in [2.05, 4.69) is 19.3 Å². The van der Waals surface area contributed by atoms with E-state index in [4.69, 9.17) is 5.84 Å². The first-order valence-corrected chi connectivity index (χ1v) is 8.33. The van der Waals surface area contributed by atoms with Crippen molar-refractivity contribution in [2.45, 2.75) is 44.0 Å². The second-order valence-electron chi connectivity index (χ2n) is 5.87. The van der Waals surface area contributed by atoms with E-state index < -0.39 is 0 Å². The zero-order valence-electron chi connectivity index (χ0n) is 12.3. The summed E-state index contributed by atoms with van der Waals surface area (Å²) in [5.74, 6) is 5.90. The van der Waals surface area contributed by atoms with Crippen molar-refractivity contribution in [2.24, 2.45) is 5.84 Å². The number of hydrogen-bond donors (Lipinski definition) is 3. The molecule has 7 heteroatoms. The SMILES string of the molecule is CCCC[C@]1(C)[C@H]2SCC(=O)N2CC[NH+]1CC(=O)NN. The Bertz CT molecular complexity index is 393. The molecule has 0 aromatic heterocycles. The Hall–Kier alpha value is -0.790. The average Bonchev–Trinajstić information content (AvgIpc) is 2.82. The zero-order valence-corrected chi connectivity index (χ0v) is 13.1. The monoisotopic (exact) mass is 301 g/mol. The van der Waals surface area contributed by atoms with Crippen molar-refractivity contribution in [1.82, 2.24) is 10.3 Å². The van der Waals surface area contributed by atoms with Gasteiger partial charge in [-0.3, -0.25) is 15.0 Å². The summed E-state index contributed by atoms with van der Waals surface area (Å²) in [6, 6.07) is 0. The summed E-state index contributed by atoms with van der Waals surface area (Å²) in [6.45, 7) is 6.32. The maximum Gasteiger partial charge on any atom is 0.289 e. The first kappa shape index (κ1) is 15.6. The van der Waals surface area contributed by atoms with E-state index in [-0.39, 0.29) is 22.7 Å². The van der Waals surface area contributed by atoms with Crippen molar-refractivity contribution >= 4 is 23.6 Å². The van der Waals surface area contributed by atoms with Crippen LogP contribution in [0.4, 0.5) is 0 Å². The molecule has 0 radical (unpaired) electrons. The number of amides is 2. The van der Waals surface area contributed by atoms with Gasteiger partial charge in [0.05, 0.1) is 18.8 Å². The third kappa shape index (κ3) is 2.80. The molecule has 3 atom stereocenters. The topological polar surface area (TPSA) is 79.9 Å². The van der Waals surface area contributed by atoms with Crippen molar-refractivity contribution in [3.63, 3.8) is 0 Å². The van der Waals surface area contributed by atoms with Crippen LogP contribution in [0.1, 0.15) is 33.1 Å². The smallest absolute Gasteiger partial charge is 0.289 e. The van der Waals surface area contributed by atoms with Gasteiger partial charge in [-0.2, -0.15) is 0 Å². The number of rotatable bonds is 5. The molecular weight excluding hydrogens is 276 g/mol. The van der Waals surface area contributed by atoms with Crippen molar-refractivity contribution < 1.29 is 14.5 Å². The number of unbranched alkanes of at least 4 members (excludes halogenated alkanes) is 1. The Labute approximate surface area is 124 Å². The quantitative estimate of drug-likeness (QED) is 0.336. The predicted octanol–water partition coefficient (Wildman–Crippen LogP) is -1.27. The van der Waals surface area contributed by atoms with Gasteiger partial charge in [-0.15, -0.1) is 11.8 Å². The average molecular weight is 301 g/mol. The van der Waals surface area contributed by atoms with E-state index in [1.807, 2.05) is 4.90 Å². The third-order valence-electron chi connectivity index (χ3n) is 4.56. The highest BCUT2D eigenvalue weighted by Crippen LogP contribution is 2.35. The fourth-order valence-electron chi connectivity index (χ4n) is 3.32. The number of quaternary nitrogens is 1.